The Morgan fingerprint density at radius 1 is 1.44 bits per heavy atom. The monoisotopic (exact) mass is 338 g/mol. The van der Waals surface area contributed by atoms with Crippen molar-refractivity contribution in [3.63, 3.8) is 0 Å². The van der Waals surface area contributed by atoms with Gasteiger partial charge in [-0.2, -0.15) is 0 Å². The van der Waals surface area contributed by atoms with Gasteiger partial charge in [0.05, 0.1) is 18.5 Å². The van der Waals surface area contributed by atoms with Gasteiger partial charge < -0.3 is 14.8 Å². The highest BCUT2D eigenvalue weighted by atomic mass is 16.5. The van der Waals surface area contributed by atoms with Crippen molar-refractivity contribution < 1.29 is 14.3 Å². The summed E-state index contributed by atoms with van der Waals surface area (Å²) in [6.45, 7) is 4.67. The maximum Gasteiger partial charge on any atom is 0.228 e. The molecule has 0 saturated heterocycles. The zero-order chi connectivity index (χ0) is 17.4. The molecular weight excluding hydrogens is 316 g/mol. The van der Waals surface area contributed by atoms with Gasteiger partial charge in [0.25, 0.3) is 0 Å². The molecule has 130 valence electrons. The quantitative estimate of drug-likeness (QED) is 0.906. The van der Waals surface area contributed by atoms with Crippen LogP contribution >= 0.6 is 0 Å². The first-order valence-corrected chi connectivity index (χ1v) is 8.83. The Bertz CT molecular complexity index is 791. The van der Waals surface area contributed by atoms with E-state index >= 15 is 0 Å². The number of rotatable bonds is 5. The van der Waals surface area contributed by atoms with E-state index in [2.05, 4.69) is 29.4 Å². The van der Waals surface area contributed by atoms with Crippen molar-refractivity contribution in [2.45, 2.75) is 38.7 Å². The van der Waals surface area contributed by atoms with Crippen molar-refractivity contribution in [1.29, 1.82) is 0 Å². The fraction of sp³-hybridized carbons (Fsp3) is 0.400. The minimum absolute atomic E-state index is 0.0312. The van der Waals surface area contributed by atoms with E-state index in [4.69, 9.17) is 9.47 Å². The molecule has 1 aliphatic carbocycles. The predicted octanol–water partition coefficient (Wildman–Crippen LogP) is 3.55. The van der Waals surface area contributed by atoms with Gasteiger partial charge >= 0.3 is 0 Å². The van der Waals surface area contributed by atoms with Crippen LogP contribution in [0.15, 0.2) is 36.7 Å². The van der Waals surface area contributed by atoms with E-state index in [1.54, 1.807) is 12.4 Å². The minimum Gasteiger partial charge on any atom is -0.494 e. The van der Waals surface area contributed by atoms with E-state index in [0.29, 0.717) is 6.61 Å². The number of carbonyl (C=O) groups excluding carboxylic acids is 1. The Balaban J connectivity index is 1.53. The summed E-state index contributed by atoms with van der Waals surface area (Å²) in [6.07, 6.45) is 5.29. The molecule has 25 heavy (non-hydrogen) atoms. The van der Waals surface area contributed by atoms with Crippen molar-refractivity contribution >= 4 is 11.6 Å². The van der Waals surface area contributed by atoms with E-state index in [1.165, 1.54) is 5.56 Å². The molecule has 0 spiro atoms. The number of amides is 1. The number of anilines is 1. The maximum atomic E-state index is 12.5. The second kappa shape index (κ2) is 6.39. The Kier molecular flexibility index (Phi) is 4.07. The van der Waals surface area contributed by atoms with Crippen LogP contribution in [0, 0.1) is 5.92 Å². The third kappa shape index (κ3) is 3.18. The van der Waals surface area contributed by atoms with Crippen molar-refractivity contribution in [2.75, 3.05) is 11.9 Å². The summed E-state index contributed by atoms with van der Waals surface area (Å²) in [7, 11) is 0. The number of nitrogens with one attached hydrogen (secondary N) is 1. The van der Waals surface area contributed by atoms with E-state index in [9.17, 15) is 4.79 Å². The normalized spacial score (nSPS) is 23.5. The molecule has 5 nitrogen and oxygen atoms in total. The highest BCUT2D eigenvalue weighted by Crippen LogP contribution is 2.52. The highest BCUT2D eigenvalue weighted by molar-refractivity contribution is 5.95. The van der Waals surface area contributed by atoms with Crippen LogP contribution in [0.1, 0.15) is 37.3 Å². The SMILES string of the molecule is CCOc1cc2c(cc1[C@@H]1C[C@H]1C(=O)Nc1cccnc1)OC(C)C2. The van der Waals surface area contributed by atoms with Crippen LogP contribution in [-0.2, 0) is 11.2 Å². The first kappa shape index (κ1) is 15.9. The molecule has 0 bridgehead atoms. The van der Waals surface area contributed by atoms with E-state index in [-0.39, 0.29) is 23.8 Å². The standard InChI is InChI=1S/C20H22N2O3/c1-3-24-19-8-13-7-12(2)25-18(13)10-16(19)15-9-17(15)20(23)22-14-5-4-6-21-11-14/h4-6,8,10-12,15,17H,3,7,9H2,1-2H3,(H,22,23)/t12?,15-,17+/m0/s1. The molecule has 1 amide bonds. The first-order valence-electron chi connectivity index (χ1n) is 8.83. The predicted molar refractivity (Wildman–Crippen MR) is 95.1 cm³/mol. The first-order chi connectivity index (χ1) is 12.2. The summed E-state index contributed by atoms with van der Waals surface area (Å²) in [4.78, 5) is 16.5. The zero-order valence-electron chi connectivity index (χ0n) is 14.5. The molecule has 1 aromatic heterocycles. The number of pyridine rings is 1. The van der Waals surface area contributed by atoms with Crippen LogP contribution < -0.4 is 14.8 Å². The lowest BCUT2D eigenvalue weighted by atomic mass is 10.0. The van der Waals surface area contributed by atoms with Gasteiger partial charge in [-0.25, -0.2) is 0 Å². The summed E-state index contributed by atoms with van der Waals surface area (Å²) in [5.74, 6) is 2.01. The molecule has 1 aliphatic heterocycles. The Morgan fingerprint density at radius 3 is 3.08 bits per heavy atom. The molecule has 1 fully saturated rings. The zero-order valence-corrected chi connectivity index (χ0v) is 14.5. The van der Waals surface area contributed by atoms with Crippen molar-refractivity contribution in [1.82, 2.24) is 4.98 Å². The molecule has 1 N–H and O–H groups in total. The summed E-state index contributed by atoms with van der Waals surface area (Å²) >= 11 is 0. The van der Waals surface area contributed by atoms with Gasteiger partial charge in [-0.05, 0) is 44.5 Å². The van der Waals surface area contributed by atoms with Crippen LogP contribution in [0.25, 0.3) is 0 Å². The molecule has 0 radical (unpaired) electrons. The number of fused-ring (bicyclic) bond motifs is 1. The van der Waals surface area contributed by atoms with Crippen LogP contribution in [0.3, 0.4) is 0 Å². The average Bonchev–Trinajstić information content (AvgIpc) is 3.31. The van der Waals surface area contributed by atoms with Gasteiger partial charge in [-0.3, -0.25) is 9.78 Å². The van der Waals surface area contributed by atoms with Crippen LogP contribution in [0.4, 0.5) is 5.69 Å². The largest absolute Gasteiger partial charge is 0.494 e. The average molecular weight is 338 g/mol. The maximum absolute atomic E-state index is 12.5. The molecule has 3 atom stereocenters. The lowest BCUT2D eigenvalue weighted by Crippen LogP contribution is -2.14. The topological polar surface area (TPSA) is 60.5 Å². The molecule has 2 aromatic rings. The molecule has 1 unspecified atom stereocenters. The smallest absolute Gasteiger partial charge is 0.228 e. The third-order valence-corrected chi connectivity index (χ3v) is 4.78. The van der Waals surface area contributed by atoms with Gasteiger partial charge in [0.15, 0.2) is 0 Å². The number of benzene rings is 1. The molecule has 4 rings (SSSR count). The Morgan fingerprint density at radius 2 is 2.32 bits per heavy atom. The fourth-order valence-electron chi connectivity index (χ4n) is 3.53. The lowest BCUT2D eigenvalue weighted by molar-refractivity contribution is -0.117. The van der Waals surface area contributed by atoms with Gasteiger partial charge in [-0.1, -0.05) is 0 Å². The number of nitrogens with zero attached hydrogens (tertiary/aromatic N) is 1. The summed E-state index contributed by atoms with van der Waals surface area (Å²) in [5, 5.41) is 2.94. The molecular formula is C20H22N2O3. The molecule has 5 heteroatoms. The number of ether oxygens (including phenoxy) is 2. The van der Waals surface area contributed by atoms with Crippen LogP contribution in [0.2, 0.25) is 0 Å². The summed E-state index contributed by atoms with van der Waals surface area (Å²) in [6, 6.07) is 7.82. The van der Waals surface area contributed by atoms with Crippen molar-refractivity contribution in [2.24, 2.45) is 5.92 Å². The summed E-state index contributed by atoms with van der Waals surface area (Å²) < 4.78 is 11.7. The second-order valence-corrected chi connectivity index (χ2v) is 6.74. The van der Waals surface area contributed by atoms with Crippen molar-refractivity contribution in [3.05, 3.63) is 47.8 Å². The molecule has 2 aliphatic rings. The Labute approximate surface area is 147 Å². The van der Waals surface area contributed by atoms with Crippen LogP contribution in [-0.4, -0.2) is 23.6 Å². The van der Waals surface area contributed by atoms with Gasteiger partial charge in [-0.15, -0.1) is 0 Å². The summed E-state index contributed by atoms with van der Waals surface area (Å²) in [5.41, 5.74) is 3.01. The van der Waals surface area contributed by atoms with Crippen LogP contribution in [0.5, 0.6) is 11.5 Å². The number of hydrogen-bond acceptors (Lipinski definition) is 4. The highest BCUT2D eigenvalue weighted by Gasteiger charge is 2.46. The lowest BCUT2D eigenvalue weighted by Gasteiger charge is -2.12. The molecule has 1 saturated carbocycles. The van der Waals surface area contributed by atoms with E-state index in [1.807, 2.05) is 19.1 Å². The number of carbonyl (C=O) groups is 1. The number of hydrogen-bond donors (Lipinski definition) is 1. The van der Waals surface area contributed by atoms with E-state index < -0.39 is 0 Å². The second-order valence-electron chi connectivity index (χ2n) is 6.74. The molecule has 1 aromatic carbocycles. The Hall–Kier alpha value is -2.56. The number of aromatic nitrogens is 1. The minimum atomic E-state index is -0.0312. The van der Waals surface area contributed by atoms with E-state index in [0.717, 1.165) is 35.6 Å². The van der Waals surface area contributed by atoms with Gasteiger partial charge in [0.2, 0.25) is 5.91 Å². The van der Waals surface area contributed by atoms with Gasteiger partial charge in [0.1, 0.15) is 17.6 Å². The van der Waals surface area contributed by atoms with Crippen molar-refractivity contribution in [3.8, 4) is 11.5 Å². The third-order valence-electron chi connectivity index (χ3n) is 4.78. The molecule has 2 heterocycles. The van der Waals surface area contributed by atoms with Gasteiger partial charge in [0, 0.05) is 35.6 Å². The fourth-order valence-corrected chi connectivity index (χ4v) is 3.53.